The Labute approximate surface area is 183 Å². The maximum Gasteiger partial charge on any atom is 0.416 e. The first-order valence-corrected chi connectivity index (χ1v) is 10.2. The van der Waals surface area contributed by atoms with Gasteiger partial charge in [-0.05, 0) is 49.2 Å². The molecule has 0 saturated carbocycles. The molecule has 4 rings (SSSR count). The number of halogens is 3. The topological polar surface area (TPSA) is 63.0 Å². The predicted molar refractivity (Wildman–Crippen MR) is 116 cm³/mol. The van der Waals surface area contributed by atoms with Crippen LogP contribution in [-0.4, -0.2) is 24.4 Å². The van der Waals surface area contributed by atoms with Crippen molar-refractivity contribution in [2.24, 2.45) is 10.1 Å². The molecular formula is C24H22F3N3O2. The van der Waals surface area contributed by atoms with Crippen LogP contribution < -0.4 is 5.32 Å². The zero-order valence-electron chi connectivity index (χ0n) is 17.7. The van der Waals surface area contributed by atoms with Crippen molar-refractivity contribution in [1.29, 1.82) is 0 Å². The summed E-state index contributed by atoms with van der Waals surface area (Å²) < 4.78 is 39.7. The molecule has 0 radical (unpaired) electrons. The molecule has 1 atom stereocenters. The van der Waals surface area contributed by atoms with Gasteiger partial charge in [-0.1, -0.05) is 35.0 Å². The minimum atomic E-state index is -4.43. The van der Waals surface area contributed by atoms with E-state index in [4.69, 9.17) is 4.84 Å². The summed E-state index contributed by atoms with van der Waals surface area (Å²) in [6.07, 6.45) is 0.393. The van der Waals surface area contributed by atoms with Crippen LogP contribution in [0, 0.1) is 6.92 Å². The lowest BCUT2D eigenvalue weighted by molar-refractivity contribution is -0.137. The van der Waals surface area contributed by atoms with Gasteiger partial charge in [0.15, 0.2) is 5.60 Å². The van der Waals surface area contributed by atoms with E-state index in [1.165, 1.54) is 0 Å². The molecule has 0 saturated heterocycles. The van der Waals surface area contributed by atoms with Crippen molar-refractivity contribution in [3.63, 3.8) is 0 Å². The highest BCUT2D eigenvalue weighted by Crippen LogP contribution is 2.39. The Morgan fingerprint density at radius 2 is 1.94 bits per heavy atom. The number of carbonyl (C=O) groups is 1. The molecule has 32 heavy (non-hydrogen) atoms. The summed E-state index contributed by atoms with van der Waals surface area (Å²) in [7, 11) is 0. The summed E-state index contributed by atoms with van der Waals surface area (Å²) in [5.74, 6) is -0.214. The van der Waals surface area contributed by atoms with Crippen LogP contribution in [0.1, 0.15) is 52.4 Å². The molecule has 1 amide bonds. The zero-order chi connectivity index (χ0) is 22.9. The van der Waals surface area contributed by atoms with Crippen molar-refractivity contribution in [3.8, 4) is 0 Å². The molecule has 1 unspecified atom stereocenters. The zero-order valence-corrected chi connectivity index (χ0v) is 17.7. The number of carbonyl (C=O) groups excluding carboxylic acids is 1. The van der Waals surface area contributed by atoms with Crippen molar-refractivity contribution in [2.75, 3.05) is 6.54 Å². The molecule has 8 heteroatoms. The maximum absolute atomic E-state index is 13.2. The number of hydrogen-bond acceptors (Lipinski definition) is 4. The van der Waals surface area contributed by atoms with Gasteiger partial charge < -0.3 is 10.2 Å². The fourth-order valence-corrected chi connectivity index (χ4v) is 3.72. The van der Waals surface area contributed by atoms with Gasteiger partial charge in [0.25, 0.3) is 5.91 Å². The molecule has 166 valence electrons. The third-order valence-corrected chi connectivity index (χ3v) is 5.50. The van der Waals surface area contributed by atoms with Crippen LogP contribution in [0.5, 0.6) is 0 Å². The van der Waals surface area contributed by atoms with Crippen molar-refractivity contribution in [2.45, 2.75) is 38.5 Å². The van der Waals surface area contributed by atoms with E-state index in [2.05, 4.69) is 15.5 Å². The maximum atomic E-state index is 13.2. The second-order valence-electron chi connectivity index (χ2n) is 8.13. The summed E-state index contributed by atoms with van der Waals surface area (Å²) in [5.41, 5.74) is 1.89. The molecule has 2 aromatic carbocycles. The fourth-order valence-electron chi connectivity index (χ4n) is 3.72. The Balaban J connectivity index is 1.45. The quantitative estimate of drug-likeness (QED) is 0.698. The summed E-state index contributed by atoms with van der Waals surface area (Å²) in [4.78, 5) is 22.1. The van der Waals surface area contributed by atoms with E-state index in [0.29, 0.717) is 35.4 Å². The highest BCUT2D eigenvalue weighted by atomic mass is 19.4. The normalized spacial score (nSPS) is 20.0. The third-order valence-electron chi connectivity index (χ3n) is 5.50. The van der Waals surface area contributed by atoms with Gasteiger partial charge in [0, 0.05) is 24.6 Å². The number of nitrogens with one attached hydrogen (secondary N) is 1. The molecule has 0 bridgehead atoms. The van der Waals surface area contributed by atoms with Gasteiger partial charge in [0.1, 0.15) is 0 Å². The second-order valence-corrected chi connectivity index (χ2v) is 8.13. The smallest absolute Gasteiger partial charge is 0.384 e. The average molecular weight is 441 g/mol. The minimum Gasteiger partial charge on any atom is -0.384 e. The molecular weight excluding hydrogens is 419 g/mol. The van der Waals surface area contributed by atoms with Crippen molar-refractivity contribution < 1.29 is 22.8 Å². The average Bonchev–Trinajstić information content (AvgIpc) is 3.42. The number of aliphatic imine (C=N–C) groups is 1. The number of aryl methyl sites for hydroxylation is 1. The molecule has 0 fully saturated rings. The van der Waals surface area contributed by atoms with Gasteiger partial charge in [-0.2, -0.15) is 13.2 Å². The van der Waals surface area contributed by atoms with Crippen molar-refractivity contribution in [1.82, 2.24) is 5.32 Å². The van der Waals surface area contributed by atoms with Gasteiger partial charge in [-0.15, -0.1) is 0 Å². The number of rotatable bonds is 5. The molecule has 2 aliphatic heterocycles. The third kappa shape index (κ3) is 4.59. The van der Waals surface area contributed by atoms with Crippen LogP contribution in [0.25, 0.3) is 0 Å². The van der Waals surface area contributed by atoms with E-state index < -0.39 is 17.3 Å². The number of nitrogens with zero attached hydrogens (tertiary/aromatic N) is 2. The molecule has 5 nitrogen and oxygen atoms in total. The van der Waals surface area contributed by atoms with Crippen LogP contribution in [-0.2, 0) is 16.6 Å². The molecule has 0 spiro atoms. The van der Waals surface area contributed by atoms with E-state index in [9.17, 15) is 18.0 Å². The lowest BCUT2D eigenvalue weighted by atomic mass is 9.87. The number of benzene rings is 2. The Morgan fingerprint density at radius 3 is 2.59 bits per heavy atom. The first-order valence-electron chi connectivity index (χ1n) is 10.2. The summed E-state index contributed by atoms with van der Waals surface area (Å²) in [5, 5.41) is 6.95. The number of oxime groups is 1. The monoisotopic (exact) mass is 441 g/mol. The Kier molecular flexibility index (Phi) is 5.62. The van der Waals surface area contributed by atoms with Gasteiger partial charge in [0.05, 0.1) is 23.5 Å². The highest BCUT2D eigenvalue weighted by molar-refractivity contribution is 6.03. The van der Waals surface area contributed by atoms with E-state index in [-0.39, 0.29) is 5.91 Å². The van der Waals surface area contributed by atoms with Crippen LogP contribution >= 0.6 is 0 Å². The van der Waals surface area contributed by atoms with Crippen LogP contribution in [0.15, 0.2) is 64.4 Å². The predicted octanol–water partition coefficient (Wildman–Crippen LogP) is 5.14. The largest absolute Gasteiger partial charge is 0.416 e. The highest BCUT2D eigenvalue weighted by Gasteiger charge is 2.39. The number of alkyl halides is 3. The van der Waals surface area contributed by atoms with Gasteiger partial charge in [0.2, 0.25) is 0 Å². The number of amides is 1. The molecule has 2 heterocycles. The van der Waals surface area contributed by atoms with Crippen molar-refractivity contribution in [3.05, 3.63) is 82.1 Å². The van der Waals surface area contributed by atoms with Crippen LogP contribution in [0.2, 0.25) is 0 Å². The Hall–Kier alpha value is -3.42. The summed E-state index contributed by atoms with van der Waals surface area (Å²) in [6.45, 7) is 3.71. The van der Waals surface area contributed by atoms with Gasteiger partial charge in [-0.3, -0.25) is 9.79 Å². The van der Waals surface area contributed by atoms with Gasteiger partial charge >= 0.3 is 6.18 Å². The van der Waals surface area contributed by atoms with Crippen LogP contribution in [0.4, 0.5) is 13.2 Å². The number of allylic oxidation sites excluding steroid dienone is 1. The molecule has 2 aliphatic rings. The van der Waals surface area contributed by atoms with E-state index in [1.54, 1.807) is 50.4 Å². The van der Waals surface area contributed by atoms with Crippen molar-refractivity contribution >= 4 is 17.8 Å². The van der Waals surface area contributed by atoms with E-state index in [0.717, 1.165) is 29.8 Å². The fraction of sp³-hybridized carbons (Fsp3) is 0.292. The van der Waals surface area contributed by atoms with E-state index in [1.807, 2.05) is 6.08 Å². The van der Waals surface area contributed by atoms with Crippen LogP contribution in [0.3, 0.4) is 0 Å². The first kappa shape index (κ1) is 21.8. The SMILES string of the molecule is Cc1cc(C(F)(F)F)cc(C2(C)CC(c3ccc(C(=O)NCC4=CCC=N4)cc3)=NO2)c1. The Bertz CT molecular complexity index is 1130. The van der Waals surface area contributed by atoms with Gasteiger partial charge in [-0.25, -0.2) is 0 Å². The molecule has 0 aromatic heterocycles. The lowest BCUT2D eigenvalue weighted by Gasteiger charge is -2.23. The molecule has 2 aromatic rings. The molecule has 1 N–H and O–H groups in total. The first-order chi connectivity index (χ1) is 15.1. The number of hydrogen-bond donors (Lipinski definition) is 1. The van der Waals surface area contributed by atoms with E-state index >= 15 is 0 Å². The lowest BCUT2D eigenvalue weighted by Crippen LogP contribution is -2.25. The molecule has 0 aliphatic carbocycles. The second kappa shape index (κ2) is 8.26. The standard InChI is InChI=1S/C24H22F3N3O2/c1-15-10-18(12-19(11-15)24(25,26)27)23(2)13-21(30-32-23)16-5-7-17(8-6-16)22(31)29-14-20-4-3-9-28-20/h4-12H,3,13-14H2,1-2H3,(H,29,31). The minimum absolute atomic E-state index is 0.214. The summed E-state index contributed by atoms with van der Waals surface area (Å²) >= 11 is 0. The Morgan fingerprint density at radius 1 is 1.19 bits per heavy atom. The summed E-state index contributed by atoms with van der Waals surface area (Å²) in [6, 6.07) is 10.8.